The number of aryl methyl sites for hydroxylation is 1. The molecular formula is C15H16N2O2. The van der Waals surface area contributed by atoms with Gasteiger partial charge < -0.3 is 10.1 Å². The van der Waals surface area contributed by atoms with E-state index in [0.29, 0.717) is 18.0 Å². The molecule has 19 heavy (non-hydrogen) atoms. The first-order valence-corrected chi connectivity index (χ1v) is 6.03. The van der Waals surface area contributed by atoms with Crippen molar-refractivity contribution >= 4 is 5.91 Å². The average molecular weight is 256 g/mol. The van der Waals surface area contributed by atoms with E-state index < -0.39 is 0 Å². The largest absolute Gasteiger partial charge is 0.481 e. The fourth-order valence-electron chi connectivity index (χ4n) is 1.74. The van der Waals surface area contributed by atoms with E-state index in [1.165, 1.54) is 0 Å². The van der Waals surface area contributed by atoms with E-state index in [2.05, 4.69) is 10.3 Å². The predicted octanol–water partition coefficient (Wildman–Crippen LogP) is 2.33. The molecule has 1 aromatic carbocycles. The Hall–Kier alpha value is -2.36. The van der Waals surface area contributed by atoms with E-state index in [1.54, 1.807) is 25.4 Å². The number of aromatic nitrogens is 1. The SMILES string of the molecule is COc1cc(CNC(=O)c2cccc(C)c2)ccn1. The number of hydrogen-bond donors (Lipinski definition) is 1. The Balaban J connectivity index is 2.00. The van der Waals surface area contributed by atoms with Gasteiger partial charge >= 0.3 is 0 Å². The van der Waals surface area contributed by atoms with Gasteiger partial charge in [-0.1, -0.05) is 17.7 Å². The lowest BCUT2D eigenvalue weighted by molar-refractivity contribution is 0.0950. The Bertz CT molecular complexity index is 582. The second-order valence-electron chi connectivity index (χ2n) is 4.26. The van der Waals surface area contributed by atoms with Crippen LogP contribution in [0.2, 0.25) is 0 Å². The van der Waals surface area contributed by atoms with Crippen molar-refractivity contribution in [3.63, 3.8) is 0 Å². The number of pyridine rings is 1. The quantitative estimate of drug-likeness (QED) is 0.913. The summed E-state index contributed by atoms with van der Waals surface area (Å²) in [5.74, 6) is 0.460. The fraction of sp³-hybridized carbons (Fsp3) is 0.200. The highest BCUT2D eigenvalue weighted by atomic mass is 16.5. The zero-order chi connectivity index (χ0) is 13.7. The molecule has 0 radical (unpaired) electrons. The maximum absolute atomic E-state index is 12.0. The number of carbonyl (C=O) groups is 1. The third kappa shape index (κ3) is 3.55. The van der Waals surface area contributed by atoms with Crippen molar-refractivity contribution in [3.05, 3.63) is 59.3 Å². The molecule has 1 amide bonds. The number of hydrogen-bond acceptors (Lipinski definition) is 3. The van der Waals surface area contributed by atoms with E-state index in [1.807, 2.05) is 31.2 Å². The van der Waals surface area contributed by atoms with Gasteiger partial charge in [0, 0.05) is 24.4 Å². The summed E-state index contributed by atoms with van der Waals surface area (Å²) in [7, 11) is 1.57. The van der Waals surface area contributed by atoms with E-state index in [4.69, 9.17) is 4.74 Å². The first-order chi connectivity index (χ1) is 9.19. The molecule has 0 atom stereocenters. The fourth-order valence-corrected chi connectivity index (χ4v) is 1.74. The summed E-state index contributed by atoms with van der Waals surface area (Å²) in [6.07, 6.45) is 1.66. The highest BCUT2D eigenvalue weighted by molar-refractivity contribution is 5.94. The van der Waals surface area contributed by atoms with Crippen LogP contribution in [0.15, 0.2) is 42.6 Å². The van der Waals surface area contributed by atoms with Gasteiger partial charge in [0.25, 0.3) is 5.91 Å². The number of amides is 1. The Labute approximate surface area is 112 Å². The maximum atomic E-state index is 12.0. The van der Waals surface area contributed by atoms with Crippen molar-refractivity contribution in [2.75, 3.05) is 7.11 Å². The summed E-state index contributed by atoms with van der Waals surface area (Å²) in [5, 5.41) is 2.87. The summed E-state index contributed by atoms with van der Waals surface area (Å²) < 4.78 is 5.04. The van der Waals surface area contributed by atoms with Crippen LogP contribution in [0.3, 0.4) is 0 Å². The van der Waals surface area contributed by atoms with Gasteiger partial charge in [0.15, 0.2) is 0 Å². The standard InChI is InChI=1S/C15H16N2O2/c1-11-4-3-5-13(8-11)15(18)17-10-12-6-7-16-14(9-12)19-2/h3-9H,10H2,1-2H3,(H,17,18). The Morgan fingerprint density at radius 3 is 2.89 bits per heavy atom. The third-order valence-corrected chi connectivity index (χ3v) is 2.74. The van der Waals surface area contributed by atoms with Crippen molar-refractivity contribution in [1.29, 1.82) is 0 Å². The summed E-state index contributed by atoms with van der Waals surface area (Å²) in [6.45, 7) is 2.41. The summed E-state index contributed by atoms with van der Waals surface area (Å²) in [4.78, 5) is 16.0. The topological polar surface area (TPSA) is 51.2 Å². The lowest BCUT2D eigenvalue weighted by Crippen LogP contribution is -2.22. The highest BCUT2D eigenvalue weighted by Crippen LogP contribution is 2.09. The molecule has 2 rings (SSSR count). The maximum Gasteiger partial charge on any atom is 0.251 e. The van der Waals surface area contributed by atoms with Gasteiger partial charge in [-0.2, -0.15) is 0 Å². The van der Waals surface area contributed by atoms with Crippen molar-refractivity contribution in [1.82, 2.24) is 10.3 Å². The van der Waals surface area contributed by atoms with Crippen LogP contribution >= 0.6 is 0 Å². The molecule has 0 saturated carbocycles. The van der Waals surface area contributed by atoms with Gasteiger partial charge in [0.05, 0.1) is 7.11 Å². The molecule has 1 aromatic heterocycles. The zero-order valence-corrected chi connectivity index (χ0v) is 11.0. The summed E-state index contributed by atoms with van der Waals surface area (Å²) in [5.41, 5.74) is 2.69. The molecule has 1 heterocycles. The van der Waals surface area contributed by atoms with Crippen LogP contribution in [-0.2, 0) is 6.54 Å². The first-order valence-electron chi connectivity index (χ1n) is 6.03. The van der Waals surface area contributed by atoms with Crippen LogP contribution in [0, 0.1) is 6.92 Å². The van der Waals surface area contributed by atoms with E-state index in [-0.39, 0.29) is 5.91 Å². The van der Waals surface area contributed by atoms with Crippen LogP contribution in [0.4, 0.5) is 0 Å². The molecule has 0 bridgehead atoms. The lowest BCUT2D eigenvalue weighted by Gasteiger charge is -2.07. The number of nitrogens with zero attached hydrogens (tertiary/aromatic N) is 1. The number of benzene rings is 1. The monoisotopic (exact) mass is 256 g/mol. The molecule has 0 spiro atoms. The minimum Gasteiger partial charge on any atom is -0.481 e. The molecule has 0 aliphatic carbocycles. The van der Waals surface area contributed by atoms with E-state index in [9.17, 15) is 4.79 Å². The molecule has 1 N–H and O–H groups in total. The van der Waals surface area contributed by atoms with Gasteiger partial charge in [-0.25, -0.2) is 4.98 Å². The summed E-state index contributed by atoms with van der Waals surface area (Å²) >= 11 is 0. The number of nitrogens with one attached hydrogen (secondary N) is 1. The second-order valence-corrected chi connectivity index (χ2v) is 4.26. The second kappa shape index (κ2) is 6.00. The Morgan fingerprint density at radius 2 is 2.16 bits per heavy atom. The van der Waals surface area contributed by atoms with Crippen LogP contribution in [0.25, 0.3) is 0 Å². The van der Waals surface area contributed by atoms with Crippen LogP contribution in [0.1, 0.15) is 21.5 Å². The van der Waals surface area contributed by atoms with Crippen molar-refractivity contribution in [2.45, 2.75) is 13.5 Å². The zero-order valence-electron chi connectivity index (χ0n) is 11.0. The van der Waals surface area contributed by atoms with Gasteiger partial charge in [-0.3, -0.25) is 4.79 Å². The molecule has 0 saturated heterocycles. The van der Waals surface area contributed by atoms with Gasteiger partial charge in [-0.05, 0) is 30.7 Å². The Kier molecular flexibility index (Phi) is 4.13. The Morgan fingerprint density at radius 1 is 1.32 bits per heavy atom. The minimum atomic E-state index is -0.0838. The minimum absolute atomic E-state index is 0.0838. The van der Waals surface area contributed by atoms with E-state index in [0.717, 1.165) is 11.1 Å². The molecule has 2 aromatic rings. The number of methoxy groups -OCH3 is 1. The smallest absolute Gasteiger partial charge is 0.251 e. The molecule has 0 aliphatic rings. The number of ether oxygens (including phenoxy) is 1. The molecule has 4 heteroatoms. The van der Waals surface area contributed by atoms with E-state index >= 15 is 0 Å². The van der Waals surface area contributed by atoms with Crippen LogP contribution in [0.5, 0.6) is 5.88 Å². The van der Waals surface area contributed by atoms with Crippen molar-refractivity contribution in [2.24, 2.45) is 0 Å². The molecule has 0 unspecified atom stereocenters. The van der Waals surface area contributed by atoms with Crippen LogP contribution in [-0.4, -0.2) is 18.0 Å². The van der Waals surface area contributed by atoms with Crippen molar-refractivity contribution in [3.8, 4) is 5.88 Å². The van der Waals surface area contributed by atoms with Gasteiger partial charge in [0.1, 0.15) is 0 Å². The highest BCUT2D eigenvalue weighted by Gasteiger charge is 2.05. The average Bonchev–Trinajstić information content (AvgIpc) is 2.45. The first kappa shape index (κ1) is 13.1. The molecular weight excluding hydrogens is 240 g/mol. The normalized spacial score (nSPS) is 10.0. The summed E-state index contributed by atoms with van der Waals surface area (Å²) in [6, 6.07) is 11.2. The van der Waals surface area contributed by atoms with Gasteiger partial charge in [-0.15, -0.1) is 0 Å². The van der Waals surface area contributed by atoms with Crippen LogP contribution < -0.4 is 10.1 Å². The molecule has 0 fully saturated rings. The lowest BCUT2D eigenvalue weighted by atomic mass is 10.1. The third-order valence-electron chi connectivity index (χ3n) is 2.74. The van der Waals surface area contributed by atoms with Crippen molar-refractivity contribution < 1.29 is 9.53 Å². The number of rotatable bonds is 4. The molecule has 4 nitrogen and oxygen atoms in total. The molecule has 0 aliphatic heterocycles. The van der Waals surface area contributed by atoms with Gasteiger partial charge in [0.2, 0.25) is 5.88 Å². The number of carbonyl (C=O) groups excluding carboxylic acids is 1. The molecule has 98 valence electrons. The predicted molar refractivity (Wildman–Crippen MR) is 73.1 cm³/mol.